The zero-order valence-corrected chi connectivity index (χ0v) is 26.6. The van der Waals surface area contributed by atoms with Crippen molar-refractivity contribution in [3.05, 3.63) is 119 Å². The summed E-state index contributed by atoms with van der Waals surface area (Å²) in [6, 6.07) is 30.5. The Morgan fingerprint density at radius 3 is 2.45 bits per heavy atom. The van der Waals surface area contributed by atoms with E-state index in [1.165, 1.54) is 11.8 Å². The molecule has 47 heavy (non-hydrogen) atoms. The molecule has 1 aliphatic rings. The van der Waals surface area contributed by atoms with Gasteiger partial charge in [-0.2, -0.15) is 4.68 Å². The van der Waals surface area contributed by atoms with Gasteiger partial charge in [-0.15, -0.1) is 5.10 Å². The van der Waals surface area contributed by atoms with Crippen LogP contribution in [0, 0.1) is 0 Å². The first-order chi connectivity index (χ1) is 23.0. The molecule has 242 valence electrons. The van der Waals surface area contributed by atoms with Gasteiger partial charge in [0, 0.05) is 30.8 Å². The zero-order chi connectivity index (χ0) is 32.6. The normalized spacial score (nSPS) is 17.7. The van der Waals surface area contributed by atoms with Crippen LogP contribution in [0.3, 0.4) is 0 Å². The summed E-state index contributed by atoms with van der Waals surface area (Å²) in [4.78, 5) is 11.9. The van der Waals surface area contributed by atoms with E-state index in [4.69, 9.17) is 9.47 Å². The van der Waals surface area contributed by atoms with Gasteiger partial charge < -0.3 is 30.3 Å². The molecule has 11 nitrogen and oxygen atoms in total. The molecule has 2 heterocycles. The van der Waals surface area contributed by atoms with E-state index in [1.54, 1.807) is 28.9 Å². The van der Waals surface area contributed by atoms with E-state index < -0.39 is 6.29 Å². The quantitative estimate of drug-likeness (QED) is 0.132. The molecule has 0 aliphatic carbocycles. The van der Waals surface area contributed by atoms with Gasteiger partial charge in [0.25, 0.3) is 0 Å². The highest BCUT2D eigenvalue weighted by molar-refractivity contribution is 7.99. The number of urea groups is 1. The first-order valence-electron chi connectivity index (χ1n) is 15.4. The van der Waals surface area contributed by atoms with Crippen LogP contribution >= 0.6 is 11.8 Å². The number of aliphatic hydroxyl groups is 1. The average Bonchev–Trinajstić information content (AvgIpc) is 3.59. The number of nitrogens with one attached hydrogen (secondary N) is 2. The molecular weight excluding hydrogens is 616 g/mol. The van der Waals surface area contributed by atoms with Crippen molar-refractivity contribution >= 4 is 17.8 Å². The van der Waals surface area contributed by atoms with Crippen LogP contribution < -0.4 is 10.6 Å². The number of hydrogen-bond donors (Lipinski definition) is 4. The molecule has 0 unspecified atom stereocenters. The Bertz CT molecular complexity index is 1780. The predicted molar refractivity (Wildman–Crippen MR) is 178 cm³/mol. The molecule has 4 N–H and O–H groups in total. The van der Waals surface area contributed by atoms with Crippen LogP contribution in [0.5, 0.6) is 5.75 Å². The second-order valence-corrected chi connectivity index (χ2v) is 12.1. The largest absolute Gasteiger partial charge is 0.508 e. The van der Waals surface area contributed by atoms with E-state index in [1.807, 2.05) is 67.6 Å². The predicted octanol–water partition coefficient (Wildman–Crippen LogP) is 5.68. The van der Waals surface area contributed by atoms with Gasteiger partial charge in [0.05, 0.1) is 24.5 Å². The Kier molecular flexibility index (Phi) is 10.4. The van der Waals surface area contributed by atoms with E-state index in [0.29, 0.717) is 30.4 Å². The molecule has 6 rings (SSSR count). The minimum absolute atomic E-state index is 0.0253. The van der Waals surface area contributed by atoms with E-state index in [2.05, 4.69) is 38.3 Å². The highest BCUT2D eigenvalue weighted by Gasteiger charge is 2.33. The summed E-state index contributed by atoms with van der Waals surface area (Å²) in [7, 11) is 0. The molecule has 0 spiro atoms. The molecule has 12 heteroatoms. The molecule has 3 atom stereocenters. The van der Waals surface area contributed by atoms with Crippen LogP contribution in [0.25, 0.3) is 16.8 Å². The number of benzene rings is 4. The molecule has 0 radical (unpaired) electrons. The molecule has 0 bridgehead atoms. The van der Waals surface area contributed by atoms with Crippen molar-refractivity contribution in [1.29, 1.82) is 0 Å². The molecule has 1 saturated heterocycles. The first-order valence-corrected chi connectivity index (χ1v) is 16.4. The molecule has 2 amide bonds. The van der Waals surface area contributed by atoms with Gasteiger partial charge in [-0.1, -0.05) is 72.4 Å². The third-order valence-electron chi connectivity index (χ3n) is 7.76. The van der Waals surface area contributed by atoms with Crippen molar-refractivity contribution in [3.8, 4) is 22.6 Å². The van der Waals surface area contributed by atoms with Crippen LogP contribution in [-0.4, -0.2) is 54.9 Å². The van der Waals surface area contributed by atoms with Gasteiger partial charge in [0.15, 0.2) is 6.29 Å². The van der Waals surface area contributed by atoms with Crippen molar-refractivity contribution in [2.45, 2.75) is 50.2 Å². The van der Waals surface area contributed by atoms with Crippen LogP contribution in [0.2, 0.25) is 0 Å². The number of amides is 2. The lowest BCUT2D eigenvalue weighted by Gasteiger charge is -2.36. The SMILES string of the molecule is CCNC(=O)NCc1cccc(-c2cccc([C@H]3O[C@@H](CSc4nnnn4-c4ccc(O)cc4)C[C@@H](c4ccc(CO)cc4)O3)c2)c1. The lowest BCUT2D eigenvalue weighted by atomic mass is 9.99. The van der Waals surface area contributed by atoms with Gasteiger partial charge >= 0.3 is 6.03 Å². The highest BCUT2D eigenvalue weighted by atomic mass is 32.2. The number of carbonyl (C=O) groups is 1. The number of rotatable bonds is 11. The zero-order valence-electron chi connectivity index (χ0n) is 25.8. The molecule has 0 saturated carbocycles. The number of carbonyl (C=O) groups excluding carboxylic acids is 1. The number of aromatic hydroxyl groups is 1. The van der Waals surface area contributed by atoms with E-state index in [9.17, 15) is 15.0 Å². The minimum Gasteiger partial charge on any atom is -0.508 e. The highest BCUT2D eigenvalue weighted by Crippen LogP contribution is 2.40. The van der Waals surface area contributed by atoms with E-state index in [0.717, 1.165) is 39.1 Å². The number of thioether (sulfide) groups is 1. The van der Waals surface area contributed by atoms with Crippen molar-refractivity contribution in [3.63, 3.8) is 0 Å². The van der Waals surface area contributed by atoms with Gasteiger partial charge in [-0.3, -0.25) is 0 Å². The summed E-state index contributed by atoms with van der Waals surface area (Å²) < 4.78 is 14.8. The Morgan fingerprint density at radius 1 is 0.915 bits per heavy atom. The van der Waals surface area contributed by atoms with Gasteiger partial charge in [0.2, 0.25) is 5.16 Å². The van der Waals surface area contributed by atoms with Crippen molar-refractivity contribution in [2.75, 3.05) is 12.3 Å². The summed E-state index contributed by atoms with van der Waals surface area (Å²) in [5.41, 5.74) is 6.47. The van der Waals surface area contributed by atoms with Crippen molar-refractivity contribution in [2.24, 2.45) is 0 Å². The fraction of sp³-hybridized carbons (Fsp3) is 0.257. The standard InChI is InChI=1S/C35H36N6O5S/c1-2-36-34(44)37-20-24-5-3-6-26(17-24)27-7-4-8-28(18-27)33-45-31(19-32(46-33)25-11-9-23(21-42)10-12-25)22-47-35-38-39-40-41(35)29-13-15-30(43)16-14-29/h3-18,31-33,42-43H,2,19-22H2,1H3,(H2,36,37,44)/t31-,32+,33+/m1/s1. The van der Waals surface area contributed by atoms with Crippen LogP contribution in [-0.2, 0) is 22.6 Å². The maximum Gasteiger partial charge on any atom is 0.315 e. The van der Waals surface area contributed by atoms with E-state index >= 15 is 0 Å². The number of tetrazole rings is 1. The average molecular weight is 653 g/mol. The molecule has 1 aromatic heterocycles. The van der Waals surface area contributed by atoms with Crippen LogP contribution in [0.4, 0.5) is 4.79 Å². The summed E-state index contributed by atoms with van der Waals surface area (Å²) in [6.07, 6.45) is -0.457. The van der Waals surface area contributed by atoms with Gasteiger partial charge in [-0.05, 0) is 81.6 Å². The van der Waals surface area contributed by atoms with Crippen molar-refractivity contribution in [1.82, 2.24) is 30.8 Å². The van der Waals surface area contributed by atoms with Crippen LogP contribution in [0.15, 0.2) is 102 Å². The maximum atomic E-state index is 11.9. The number of aromatic nitrogens is 4. The van der Waals surface area contributed by atoms with E-state index in [-0.39, 0.29) is 30.6 Å². The first kappa shape index (κ1) is 32.2. The second kappa shape index (κ2) is 15.2. The number of hydrogen-bond acceptors (Lipinski definition) is 9. The monoisotopic (exact) mass is 652 g/mol. The summed E-state index contributed by atoms with van der Waals surface area (Å²) in [6.45, 7) is 2.84. The minimum atomic E-state index is -0.632. The molecule has 1 aliphatic heterocycles. The molecule has 5 aromatic rings. The van der Waals surface area contributed by atoms with Gasteiger partial charge in [0.1, 0.15) is 5.75 Å². The third-order valence-corrected chi connectivity index (χ3v) is 8.81. The number of nitrogens with zero attached hydrogens (tertiary/aromatic N) is 4. The fourth-order valence-corrected chi connectivity index (χ4v) is 6.25. The lowest BCUT2D eigenvalue weighted by Crippen LogP contribution is -2.34. The topological polar surface area (TPSA) is 144 Å². The van der Waals surface area contributed by atoms with Crippen LogP contribution in [0.1, 0.15) is 48.0 Å². The Labute approximate surface area is 276 Å². The molecular formula is C35H36N6O5S. The summed E-state index contributed by atoms with van der Waals surface area (Å²) >= 11 is 1.49. The number of ether oxygens (including phenoxy) is 2. The Balaban J connectivity index is 1.22. The number of phenolic OH excluding ortho intramolecular Hbond substituents is 1. The Morgan fingerprint density at radius 2 is 1.68 bits per heavy atom. The van der Waals surface area contributed by atoms with Gasteiger partial charge in [-0.25, -0.2) is 4.79 Å². The lowest BCUT2D eigenvalue weighted by molar-refractivity contribution is -0.245. The molecule has 4 aromatic carbocycles. The summed E-state index contributed by atoms with van der Waals surface area (Å²) in [5, 5.41) is 37.7. The Hall–Kier alpha value is -4.75. The summed E-state index contributed by atoms with van der Waals surface area (Å²) in [5.74, 6) is 0.741. The smallest absolute Gasteiger partial charge is 0.315 e. The number of phenols is 1. The fourth-order valence-electron chi connectivity index (χ4n) is 5.35. The maximum absolute atomic E-state index is 11.9. The van der Waals surface area contributed by atoms with Crippen molar-refractivity contribution < 1.29 is 24.5 Å². The second-order valence-electron chi connectivity index (χ2n) is 11.1. The number of aliphatic hydroxyl groups excluding tert-OH is 1. The molecule has 1 fully saturated rings. The third kappa shape index (κ3) is 8.16.